The number of ether oxygens (including phenoxy) is 4. The molecular weight excluding hydrogens is 645 g/mol. The molecule has 16 nitrogen and oxygen atoms in total. The number of carbonyl (C=O) groups excluding carboxylic acids is 2. The summed E-state index contributed by atoms with van der Waals surface area (Å²) in [6.45, 7) is 2.57. The third-order valence-electron chi connectivity index (χ3n) is 5.90. The molecule has 0 spiro atoms. The number of nitrogens with one attached hydrogen (secondary N) is 2. The quantitative estimate of drug-likeness (QED) is 0.0405. The van der Waals surface area contributed by atoms with Crippen LogP contribution in [0.25, 0.3) is 0 Å². The number of rotatable bonds is 29. The van der Waals surface area contributed by atoms with Gasteiger partial charge in [0.2, 0.25) is 11.8 Å². The minimum Gasteiger partial charge on any atom is -0.382 e. The molecule has 0 radical (unpaired) electrons. The molecule has 0 bridgehead atoms. The molecule has 0 aromatic carbocycles. The van der Waals surface area contributed by atoms with Gasteiger partial charge in [-0.2, -0.15) is 11.8 Å². The molecule has 1 rings (SSSR count). The van der Waals surface area contributed by atoms with Crippen molar-refractivity contribution < 1.29 is 65.9 Å². The first-order valence-electron chi connectivity index (χ1n) is 14.8. The highest BCUT2D eigenvalue weighted by atomic mass is 32.2. The van der Waals surface area contributed by atoms with E-state index in [4.69, 9.17) is 37.8 Å². The van der Waals surface area contributed by atoms with Crippen LogP contribution in [0.1, 0.15) is 44.9 Å². The molecule has 5 N–H and O–H groups in total. The minimum absolute atomic E-state index is 0.00789. The van der Waals surface area contributed by atoms with Gasteiger partial charge < -0.3 is 44.3 Å². The molecule has 44 heavy (non-hydrogen) atoms. The van der Waals surface area contributed by atoms with Crippen molar-refractivity contribution in [2.75, 3.05) is 84.1 Å². The fourth-order valence-corrected chi connectivity index (χ4v) is 5.56. The summed E-state index contributed by atoms with van der Waals surface area (Å²) < 4.78 is 58.2. The first-order valence-corrected chi connectivity index (χ1v) is 19.0. The Morgan fingerprint density at radius 2 is 1.41 bits per heavy atom. The molecule has 1 aliphatic rings. The third kappa shape index (κ3) is 26.6. The van der Waals surface area contributed by atoms with Crippen LogP contribution in [0, 0.1) is 0 Å². The molecule has 0 saturated carbocycles. The number of phosphoric ester groups is 2. The topological polar surface area (TPSA) is 218 Å². The number of hydrogen-bond acceptors (Lipinski definition) is 12. The van der Waals surface area contributed by atoms with Crippen molar-refractivity contribution in [3.8, 4) is 0 Å². The van der Waals surface area contributed by atoms with Crippen LogP contribution in [0.5, 0.6) is 0 Å². The molecule has 0 aliphatic carbocycles. The maximum absolute atomic E-state index is 11.9. The average Bonchev–Trinajstić information content (AvgIpc) is 3.38. The highest BCUT2D eigenvalue weighted by molar-refractivity contribution is 7.99. The summed E-state index contributed by atoms with van der Waals surface area (Å²) in [6, 6.07) is 0.130. The fourth-order valence-electron chi connectivity index (χ4n) is 3.70. The smallest absolute Gasteiger partial charge is 0.382 e. The van der Waals surface area contributed by atoms with E-state index in [2.05, 4.69) is 15.2 Å². The summed E-state index contributed by atoms with van der Waals surface area (Å²) in [7, 11) is -6.59. The third-order valence-corrected chi connectivity index (χ3v) is 8.36. The van der Waals surface area contributed by atoms with Gasteiger partial charge in [-0.1, -0.05) is 12.8 Å². The van der Waals surface area contributed by atoms with E-state index in [1.54, 1.807) is 0 Å². The lowest BCUT2D eigenvalue weighted by atomic mass is 9.97. The largest absolute Gasteiger partial charge is 0.472 e. The molecular formula is C24H49BN2O14P2S. The Bertz CT molecular complexity index is 875. The van der Waals surface area contributed by atoms with Gasteiger partial charge in [-0.15, -0.1) is 0 Å². The van der Waals surface area contributed by atoms with Crippen molar-refractivity contribution in [1.29, 1.82) is 0 Å². The maximum Gasteiger partial charge on any atom is 0.472 e. The molecule has 3 atom stereocenters. The van der Waals surface area contributed by atoms with Crippen molar-refractivity contribution >= 4 is 47.1 Å². The minimum atomic E-state index is -4.40. The van der Waals surface area contributed by atoms with E-state index in [9.17, 15) is 23.6 Å². The molecule has 1 aliphatic heterocycles. The summed E-state index contributed by atoms with van der Waals surface area (Å²) >= 11 is 1.37. The molecule has 20 heteroatoms. The van der Waals surface area contributed by atoms with Gasteiger partial charge >= 0.3 is 15.6 Å². The standard InChI is InChI=1S/C24H49BN2O14P2S/c25-22-6-5-21(41-22)19-40-43(33,34)39-17-16-37-15-14-36-13-12-35-11-9-27-24(29)20-44-18-7-23(28)26-8-3-1-2-4-10-38-42(30,31)32/h21-22H,1-20,25H2,(H,26,28)(H,27,29)(H,33,34)(H2,30,31,32). The lowest BCUT2D eigenvalue weighted by Gasteiger charge is -2.15. The maximum atomic E-state index is 11.9. The second kappa shape index (κ2) is 25.5. The number of amides is 2. The molecule has 1 saturated heterocycles. The average molecular weight is 694 g/mol. The van der Waals surface area contributed by atoms with Gasteiger partial charge in [0.25, 0.3) is 0 Å². The monoisotopic (exact) mass is 694 g/mol. The van der Waals surface area contributed by atoms with E-state index in [1.807, 2.05) is 7.85 Å². The number of hydrogen-bond donors (Lipinski definition) is 5. The number of thioether (sulfide) groups is 1. The summed E-state index contributed by atoms with van der Waals surface area (Å²) in [5, 5.41) is 5.55. The van der Waals surface area contributed by atoms with E-state index >= 15 is 0 Å². The lowest BCUT2D eigenvalue weighted by molar-refractivity contribution is -0.121. The van der Waals surface area contributed by atoms with Crippen LogP contribution in [0.3, 0.4) is 0 Å². The van der Waals surface area contributed by atoms with Crippen LogP contribution in [0.15, 0.2) is 0 Å². The molecule has 0 aromatic heterocycles. The van der Waals surface area contributed by atoms with Crippen molar-refractivity contribution in [2.24, 2.45) is 0 Å². The highest BCUT2D eigenvalue weighted by Gasteiger charge is 2.27. The molecule has 258 valence electrons. The molecule has 3 unspecified atom stereocenters. The zero-order valence-corrected chi connectivity index (χ0v) is 28.0. The van der Waals surface area contributed by atoms with E-state index in [0.29, 0.717) is 58.1 Å². The van der Waals surface area contributed by atoms with Gasteiger partial charge in [0.15, 0.2) is 0 Å². The van der Waals surface area contributed by atoms with Crippen LogP contribution in [0.4, 0.5) is 0 Å². The highest BCUT2D eigenvalue weighted by Crippen LogP contribution is 2.43. The first-order chi connectivity index (χ1) is 21.0. The van der Waals surface area contributed by atoms with Crippen LogP contribution in [-0.4, -0.2) is 131 Å². The number of carbonyl (C=O) groups is 2. The second-order valence-corrected chi connectivity index (χ2v) is 13.6. The summed E-state index contributed by atoms with van der Waals surface area (Å²) in [5.41, 5.74) is 0. The van der Waals surface area contributed by atoms with Gasteiger partial charge in [-0.3, -0.25) is 23.2 Å². The summed E-state index contributed by atoms with van der Waals surface area (Å²) in [6.07, 6.45) is 4.68. The van der Waals surface area contributed by atoms with Gasteiger partial charge in [0.1, 0.15) is 7.85 Å². The Kier molecular flexibility index (Phi) is 24.0. The number of unbranched alkanes of at least 4 members (excludes halogenated alkanes) is 3. The molecule has 0 aromatic rings. The van der Waals surface area contributed by atoms with Gasteiger partial charge in [0, 0.05) is 31.3 Å². The Labute approximate surface area is 264 Å². The van der Waals surface area contributed by atoms with E-state index in [0.717, 1.165) is 32.1 Å². The van der Waals surface area contributed by atoms with Crippen LogP contribution in [-0.2, 0) is 51.2 Å². The predicted octanol–water partition coefficient (Wildman–Crippen LogP) is 0.333. The zero-order chi connectivity index (χ0) is 32.5. The Balaban J connectivity index is 1.80. The Morgan fingerprint density at radius 3 is 2.07 bits per heavy atom. The Morgan fingerprint density at radius 1 is 0.773 bits per heavy atom. The summed E-state index contributed by atoms with van der Waals surface area (Å²) in [4.78, 5) is 50.5. The molecule has 1 heterocycles. The SMILES string of the molecule is BC1CCC(COP(=O)(O)OCCOCCOCCOCCNC(=O)CSCCC(=O)NCCCCCCOP(=O)(O)O)O1. The van der Waals surface area contributed by atoms with Crippen molar-refractivity contribution in [1.82, 2.24) is 10.6 Å². The van der Waals surface area contributed by atoms with E-state index < -0.39 is 15.6 Å². The van der Waals surface area contributed by atoms with Crippen molar-refractivity contribution in [3.63, 3.8) is 0 Å². The second-order valence-electron chi connectivity index (χ2n) is 9.82. The van der Waals surface area contributed by atoms with Crippen LogP contribution in [0.2, 0.25) is 0 Å². The normalized spacial score (nSPS) is 18.2. The molecule has 2 amide bonds. The molecule has 1 fully saturated rings. The lowest BCUT2D eigenvalue weighted by Crippen LogP contribution is -2.29. The van der Waals surface area contributed by atoms with E-state index in [-0.39, 0.29) is 62.7 Å². The first kappa shape index (κ1) is 41.4. The van der Waals surface area contributed by atoms with Crippen molar-refractivity contribution in [3.05, 3.63) is 0 Å². The number of phosphoric acid groups is 2. The predicted molar refractivity (Wildman–Crippen MR) is 165 cm³/mol. The fraction of sp³-hybridized carbons (Fsp3) is 0.917. The van der Waals surface area contributed by atoms with Gasteiger partial charge in [-0.05, 0) is 25.7 Å². The van der Waals surface area contributed by atoms with Gasteiger partial charge in [-0.25, -0.2) is 9.13 Å². The van der Waals surface area contributed by atoms with Gasteiger partial charge in [0.05, 0.1) is 71.3 Å². The van der Waals surface area contributed by atoms with Crippen LogP contribution < -0.4 is 10.6 Å². The summed E-state index contributed by atoms with van der Waals surface area (Å²) in [5.74, 6) is 0.546. The van der Waals surface area contributed by atoms with E-state index in [1.165, 1.54) is 11.8 Å². The Hall–Kier alpha value is -0.585. The van der Waals surface area contributed by atoms with Crippen LogP contribution >= 0.6 is 27.4 Å². The zero-order valence-electron chi connectivity index (χ0n) is 25.4. The van der Waals surface area contributed by atoms with Crippen molar-refractivity contribution in [2.45, 2.75) is 57.1 Å².